The monoisotopic (exact) mass is 450 g/mol. The van der Waals surface area contributed by atoms with Crippen molar-refractivity contribution < 1.29 is 24.2 Å². The Labute approximate surface area is 193 Å². The summed E-state index contributed by atoms with van der Waals surface area (Å²) in [7, 11) is 0. The maximum Gasteiger partial charge on any atom is 0.407 e. The Morgan fingerprint density at radius 1 is 1.03 bits per heavy atom. The topological polar surface area (TPSA) is 95.9 Å². The molecular weight excluding hydrogens is 420 g/mol. The van der Waals surface area contributed by atoms with E-state index in [1.54, 1.807) is 0 Å². The largest absolute Gasteiger partial charge is 0.480 e. The number of amides is 2. The molecule has 1 saturated carbocycles. The van der Waals surface area contributed by atoms with Gasteiger partial charge in [0.05, 0.1) is 0 Å². The van der Waals surface area contributed by atoms with E-state index in [0.29, 0.717) is 6.42 Å². The summed E-state index contributed by atoms with van der Waals surface area (Å²) in [4.78, 5) is 38.5. The van der Waals surface area contributed by atoms with Gasteiger partial charge in [-0.3, -0.25) is 9.59 Å². The van der Waals surface area contributed by atoms with Crippen molar-refractivity contribution in [2.24, 2.45) is 5.92 Å². The first-order valence-electron chi connectivity index (χ1n) is 11.5. The van der Waals surface area contributed by atoms with Gasteiger partial charge < -0.3 is 20.1 Å². The van der Waals surface area contributed by atoms with Gasteiger partial charge in [-0.25, -0.2) is 4.79 Å². The third-order valence-electron chi connectivity index (χ3n) is 6.22. The quantitative estimate of drug-likeness (QED) is 0.602. The highest BCUT2D eigenvalue weighted by Crippen LogP contribution is 2.44. The average molecular weight is 451 g/mol. The highest BCUT2D eigenvalue weighted by molar-refractivity contribution is 5.88. The van der Waals surface area contributed by atoms with Crippen molar-refractivity contribution in [1.29, 1.82) is 0 Å². The van der Waals surface area contributed by atoms with Crippen molar-refractivity contribution in [2.75, 3.05) is 13.2 Å². The summed E-state index contributed by atoms with van der Waals surface area (Å²) in [5.74, 6) is -1.35. The van der Waals surface area contributed by atoms with E-state index >= 15 is 0 Å². The molecule has 2 aromatic rings. The molecule has 1 atom stereocenters. The van der Waals surface area contributed by atoms with E-state index in [2.05, 4.69) is 17.4 Å². The van der Waals surface area contributed by atoms with Crippen LogP contribution in [-0.2, 0) is 14.3 Å². The number of rotatable bonds is 9. The highest BCUT2D eigenvalue weighted by Gasteiger charge is 2.38. The lowest BCUT2D eigenvalue weighted by molar-refractivity contribution is -0.145. The molecule has 7 heteroatoms. The second-order valence-corrected chi connectivity index (χ2v) is 9.24. The predicted octanol–water partition coefficient (Wildman–Crippen LogP) is 4.02. The summed E-state index contributed by atoms with van der Waals surface area (Å²) in [5.41, 5.74) is 4.51. The highest BCUT2D eigenvalue weighted by atomic mass is 16.5. The van der Waals surface area contributed by atoms with E-state index in [-0.39, 0.29) is 36.9 Å². The molecule has 1 fully saturated rings. The van der Waals surface area contributed by atoms with Crippen LogP contribution in [0.3, 0.4) is 0 Å². The fourth-order valence-corrected chi connectivity index (χ4v) is 4.59. The van der Waals surface area contributed by atoms with Gasteiger partial charge in [0.25, 0.3) is 0 Å². The normalized spacial score (nSPS) is 15.5. The zero-order valence-electron chi connectivity index (χ0n) is 19.0. The van der Waals surface area contributed by atoms with E-state index in [9.17, 15) is 19.5 Å². The number of carboxylic acid groups (broad SMARTS) is 1. The number of aliphatic carboxylic acids is 1. The number of fused-ring (bicyclic) bond motifs is 3. The number of ether oxygens (including phenoxy) is 1. The smallest absolute Gasteiger partial charge is 0.407 e. The van der Waals surface area contributed by atoms with Crippen LogP contribution in [0.25, 0.3) is 11.1 Å². The molecule has 2 aromatic carbocycles. The number of hydrogen-bond donors (Lipinski definition) is 2. The van der Waals surface area contributed by atoms with E-state index in [1.165, 1.54) is 4.90 Å². The Bertz CT molecular complexity index is 1000. The summed E-state index contributed by atoms with van der Waals surface area (Å²) < 4.78 is 5.60. The Morgan fingerprint density at radius 2 is 1.61 bits per heavy atom. The summed E-state index contributed by atoms with van der Waals surface area (Å²) in [5, 5.41) is 11.9. The van der Waals surface area contributed by atoms with Crippen LogP contribution in [0.2, 0.25) is 0 Å². The molecule has 0 spiro atoms. The van der Waals surface area contributed by atoms with Gasteiger partial charge in [-0.2, -0.15) is 0 Å². The number of nitrogens with one attached hydrogen (secondary N) is 1. The Morgan fingerprint density at radius 3 is 2.12 bits per heavy atom. The molecule has 0 aliphatic heterocycles. The van der Waals surface area contributed by atoms with Crippen LogP contribution >= 0.6 is 0 Å². The molecule has 0 aromatic heterocycles. The van der Waals surface area contributed by atoms with Gasteiger partial charge in [-0.1, -0.05) is 62.4 Å². The first-order valence-corrected chi connectivity index (χ1v) is 11.5. The predicted molar refractivity (Wildman–Crippen MR) is 124 cm³/mol. The fraction of sp³-hybridized carbons (Fsp3) is 0.423. The molecule has 7 nitrogen and oxygen atoms in total. The molecule has 0 heterocycles. The molecule has 0 radical (unpaired) electrons. The van der Waals surface area contributed by atoms with E-state index in [1.807, 2.05) is 50.2 Å². The van der Waals surface area contributed by atoms with Crippen molar-refractivity contribution in [3.8, 4) is 11.1 Å². The zero-order chi connectivity index (χ0) is 23.5. The molecule has 33 heavy (non-hydrogen) atoms. The van der Waals surface area contributed by atoms with Gasteiger partial charge in [-0.15, -0.1) is 0 Å². The third kappa shape index (κ3) is 5.18. The first-order chi connectivity index (χ1) is 15.8. The number of nitrogens with zero attached hydrogens (tertiary/aromatic N) is 1. The standard InChI is InChI=1S/C26H30N2O5/c1-16(2)13-23(25(31)28(14-24(29)30)17-11-12-17)27-26(32)33-15-22-20-9-5-3-7-18(20)19-8-4-6-10-21(19)22/h3-10,16-17,22-23H,11-15H2,1-2H3,(H,27,32)(H,29,30). The molecule has 0 saturated heterocycles. The lowest BCUT2D eigenvalue weighted by Crippen LogP contribution is -2.51. The van der Waals surface area contributed by atoms with Crippen LogP contribution in [-0.4, -0.2) is 53.2 Å². The minimum absolute atomic E-state index is 0.0624. The fourth-order valence-electron chi connectivity index (χ4n) is 4.59. The second kappa shape index (κ2) is 9.65. The summed E-state index contributed by atoms with van der Waals surface area (Å²) in [6.07, 6.45) is 1.32. The summed E-state index contributed by atoms with van der Waals surface area (Å²) >= 11 is 0. The molecule has 2 N–H and O–H groups in total. The molecule has 0 bridgehead atoms. The Kier molecular flexibility index (Phi) is 6.67. The minimum atomic E-state index is -1.06. The van der Waals surface area contributed by atoms with Crippen LogP contribution < -0.4 is 5.32 Å². The Hall–Kier alpha value is -3.35. The van der Waals surface area contributed by atoms with Gasteiger partial charge in [0.1, 0.15) is 19.2 Å². The Balaban J connectivity index is 1.44. The van der Waals surface area contributed by atoms with E-state index in [4.69, 9.17) is 4.74 Å². The average Bonchev–Trinajstić information content (AvgIpc) is 3.57. The number of carboxylic acids is 1. The van der Waals surface area contributed by atoms with Gasteiger partial charge in [0.2, 0.25) is 5.91 Å². The molecule has 174 valence electrons. The maximum atomic E-state index is 13.1. The first kappa shape index (κ1) is 22.8. The van der Waals surface area contributed by atoms with Gasteiger partial charge in [-0.05, 0) is 47.4 Å². The molecule has 2 aliphatic carbocycles. The molecule has 4 rings (SSSR count). The summed E-state index contributed by atoms with van der Waals surface area (Å²) in [6.45, 7) is 3.71. The van der Waals surface area contributed by atoms with Crippen molar-refractivity contribution in [2.45, 2.75) is 51.1 Å². The molecule has 1 unspecified atom stereocenters. The van der Waals surface area contributed by atoms with Crippen molar-refractivity contribution in [1.82, 2.24) is 10.2 Å². The van der Waals surface area contributed by atoms with Crippen LogP contribution in [0, 0.1) is 5.92 Å². The van der Waals surface area contributed by atoms with Crippen LogP contribution in [0.1, 0.15) is 50.2 Å². The number of alkyl carbamates (subject to hydrolysis) is 1. The van der Waals surface area contributed by atoms with Crippen molar-refractivity contribution in [3.63, 3.8) is 0 Å². The SMILES string of the molecule is CC(C)CC(NC(=O)OCC1c2ccccc2-c2ccccc21)C(=O)N(CC(=O)O)C1CC1. The third-order valence-corrected chi connectivity index (χ3v) is 6.22. The van der Waals surface area contributed by atoms with E-state index in [0.717, 1.165) is 35.1 Å². The zero-order valence-corrected chi connectivity index (χ0v) is 19.0. The molecular formula is C26H30N2O5. The molecule has 2 amide bonds. The lowest BCUT2D eigenvalue weighted by atomic mass is 9.98. The lowest BCUT2D eigenvalue weighted by Gasteiger charge is -2.27. The summed E-state index contributed by atoms with van der Waals surface area (Å²) in [6, 6.07) is 15.3. The van der Waals surface area contributed by atoms with Gasteiger partial charge in [0.15, 0.2) is 0 Å². The van der Waals surface area contributed by atoms with Crippen molar-refractivity contribution >= 4 is 18.0 Å². The number of carbonyl (C=O) groups is 3. The minimum Gasteiger partial charge on any atom is -0.480 e. The van der Waals surface area contributed by atoms with Gasteiger partial charge in [0, 0.05) is 12.0 Å². The van der Waals surface area contributed by atoms with Crippen LogP contribution in [0.4, 0.5) is 4.79 Å². The molecule has 2 aliphatic rings. The van der Waals surface area contributed by atoms with Gasteiger partial charge >= 0.3 is 12.1 Å². The van der Waals surface area contributed by atoms with Crippen LogP contribution in [0.15, 0.2) is 48.5 Å². The second-order valence-electron chi connectivity index (χ2n) is 9.24. The number of benzene rings is 2. The maximum absolute atomic E-state index is 13.1. The number of hydrogen-bond acceptors (Lipinski definition) is 4. The number of carbonyl (C=O) groups excluding carboxylic acids is 2. The van der Waals surface area contributed by atoms with E-state index < -0.39 is 18.1 Å². The van der Waals surface area contributed by atoms with Crippen LogP contribution in [0.5, 0.6) is 0 Å². The van der Waals surface area contributed by atoms with Crippen molar-refractivity contribution in [3.05, 3.63) is 59.7 Å².